The fourth-order valence-corrected chi connectivity index (χ4v) is 1.79. The van der Waals surface area contributed by atoms with Crippen LogP contribution in [0.2, 0.25) is 0 Å². The van der Waals surface area contributed by atoms with Crippen molar-refractivity contribution >= 4 is 29.7 Å². The van der Waals surface area contributed by atoms with Crippen LogP contribution in [-0.4, -0.2) is 20.1 Å². The first-order valence-corrected chi connectivity index (χ1v) is 4.65. The van der Waals surface area contributed by atoms with Crippen LogP contribution in [-0.2, 0) is 16.0 Å². The van der Waals surface area contributed by atoms with Crippen LogP contribution in [0, 0.1) is 0 Å². The average Bonchev–Trinajstić information content (AvgIpc) is 2.51. The number of hydrogen-bond donors (Lipinski definition) is 0. The lowest BCUT2D eigenvalue weighted by Gasteiger charge is -2.10. The third-order valence-electron chi connectivity index (χ3n) is 1.60. The monoisotopic (exact) mass is 223 g/mol. The zero-order valence-corrected chi connectivity index (χ0v) is 8.11. The summed E-state index contributed by atoms with van der Waals surface area (Å²) in [5, 5.41) is 1.01. The molecule has 0 amide bonds. The minimum absolute atomic E-state index is 0.104. The van der Waals surface area contributed by atoms with Crippen molar-refractivity contribution in [1.82, 2.24) is 0 Å². The fraction of sp³-hybridized carbons (Fsp3) is 0.286. The van der Waals surface area contributed by atoms with Gasteiger partial charge in [0, 0.05) is 4.88 Å². The second kappa shape index (κ2) is 4.04. The Kier molecular flexibility index (Phi) is 3.20. The Balaban J connectivity index is 2.74. The van der Waals surface area contributed by atoms with E-state index in [1.165, 1.54) is 7.11 Å². The van der Waals surface area contributed by atoms with Crippen LogP contribution in [0.15, 0.2) is 11.4 Å². The Morgan fingerprint density at radius 1 is 1.57 bits per heavy atom. The minimum Gasteiger partial charge on any atom is -0.469 e. The van der Waals surface area contributed by atoms with Crippen LogP contribution in [0.3, 0.4) is 0 Å². The topological polar surface area (TPSA) is 26.3 Å². The molecule has 0 spiro atoms. The van der Waals surface area contributed by atoms with Crippen LogP contribution < -0.4 is 5.46 Å². The summed E-state index contributed by atoms with van der Waals surface area (Å²) in [5.74, 6) is -0.534. The fourth-order valence-electron chi connectivity index (χ4n) is 0.876. The SMILES string of the molecule is COC(=O)Cc1cc([B-](F)(F)F)cs1. The van der Waals surface area contributed by atoms with Crippen molar-refractivity contribution in [2.24, 2.45) is 0 Å². The van der Waals surface area contributed by atoms with Crippen molar-refractivity contribution in [3.8, 4) is 0 Å². The number of thiophene rings is 1. The van der Waals surface area contributed by atoms with E-state index in [0.29, 0.717) is 4.88 Å². The van der Waals surface area contributed by atoms with E-state index in [1.807, 2.05) is 0 Å². The molecule has 0 N–H and O–H groups in total. The molecule has 2 nitrogen and oxygen atoms in total. The number of rotatable bonds is 3. The molecule has 0 fully saturated rings. The summed E-state index contributed by atoms with van der Waals surface area (Å²) in [6, 6.07) is 0.988. The maximum Gasteiger partial charge on any atom is 0.510 e. The largest absolute Gasteiger partial charge is 0.510 e. The Hall–Kier alpha value is -0.975. The van der Waals surface area contributed by atoms with E-state index in [0.717, 1.165) is 22.8 Å². The van der Waals surface area contributed by atoms with Gasteiger partial charge in [-0.2, -0.15) is 11.3 Å². The molecule has 78 valence electrons. The lowest BCUT2D eigenvalue weighted by molar-refractivity contribution is -0.139. The third kappa shape index (κ3) is 2.76. The standard InChI is InChI=1S/C7H7BF3O2S/c1-13-7(12)3-6-2-5(4-14-6)8(9,10)11/h2,4H,3H2,1H3/q-1. The van der Waals surface area contributed by atoms with Crippen molar-refractivity contribution in [3.63, 3.8) is 0 Å². The number of methoxy groups -OCH3 is 1. The minimum atomic E-state index is -4.96. The van der Waals surface area contributed by atoms with Crippen molar-refractivity contribution in [2.45, 2.75) is 6.42 Å². The molecule has 7 heteroatoms. The molecule has 0 atom stereocenters. The van der Waals surface area contributed by atoms with Gasteiger partial charge in [0.15, 0.2) is 0 Å². The number of carbonyl (C=O) groups excluding carboxylic acids is 1. The van der Waals surface area contributed by atoms with Crippen LogP contribution in [0.5, 0.6) is 0 Å². The summed E-state index contributed by atoms with van der Waals surface area (Å²) < 4.78 is 40.9. The van der Waals surface area contributed by atoms with Gasteiger partial charge in [-0.15, -0.1) is 0 Å². The Labute approximate surface area is 82.7 Å². The molecule has 0 aliphatic heterocycles. The molecule has 0 saturated heterocycles. The second-order valence-corrected chi connectivity index (χ2v) is 3.67. The zero-order valence-electron chi connectivity index (χ0n) is 7.30. The lowest BCUT2D eigenvalue weighted by atomic mass is 9.82. The molecule has 1 aromatic rings. The van der Waals surface area contributed by atoms with Crippen molar-refractivity contribution in [1.29, 1.82) is 0 Å². The number of ether oxygens (including phenoxy) is 1. The Morgan fingerprint density at radius 2 is 2.21 bits per heavy atom. The molecule has 0 aliphatic rings. The van der Waals surface area contributed by atoms with E-state index in [9.17, 15) is 17.7 Å². The molecule has 0 aliphatic carbocycles. The molecular weight excluding hydrogens is 216 g/mol. The number of carbonyl (C=O) groups is 1. The molecule has 1 aromatic heterocycles. The first-order chi connectivity index (χ1) is 6.43. The van der Waals surface area contributed by atoms with Crippen molar-refractivity contribution in [2.75, 3.05) is 7.11 Å². The smallest absolute Gasteiger partial charge is 0.469 e. The van der Waals surface area contributed by atoms with Gasteiger partial charge in [0.25, 0.3) is 0 Å². The zero-order chi connectivity index (χ0) is 10.8. The van der Waals surface area contributed by atoms with Gasteiger partial charge in [-0.1, -0.05) is 11.5 Å². The number of esters is 1. The van der Waals surface area contributed by atoms with Gasteiger partial charge in [0.1, 0.15) is 0 Å². The van der Waals surface area contributed by atoms with Gasteiger partial charge in [-0.25, -0.2) is 0 Å². The summed E-state index contributed by atoms with van der Waals surface area (Å²) in [4.78, 5) is 11.1. The molecule has 0 bridgehead atoms. The second-order valence-electron chi connectivity index (χ2n) is 2.67. The highest BCUT2D eigenvalue weighted by Gasteiger charge is 2.26. The summed E-state index contributed by atoms with van der Waals surface area (Å²) in [6.45, 7) is -4.96. The number of halogens is 3. The molecule has 1 heterocycles. The summed E-state index contributed by atoms with van der Waals surface area (Å²) in [7, 11) is 1.20. The predicted molar refractivity (Wildman–Crippen MR) is 48.8 cm³/mol. The van der Waals surface area contributed by atoms with Gasteiger partial charge in [0.05, 0.1) is 13.5 Å². The van der Waals surface area contributed by atoms with E-state index in [-0.39, 0.29) is 6.42 Å². The first-order valence-electron chi connectivity index (χ1n) is 3.77. The predicted octanol–water partition coefficient (Wildman–Crippen LogP) is 1.52. The summed E-state index contributed by atoms with van der Waals surface area (Å²) in [6.07, 6.45) is -0.104. The number of hydrogen-bond acceptors (Lipinski definition) is 3. The Bertz CT molecular complexity index is 334. The van der Waals surface area contributed by atoms with Crippen LogP contribution >= 0.6 is 11.3 Å². The quantitative estimate of drug-likeness (QED) is 0.573. The van der Waals surface area contributed by atoms with Crippen molar-refractivity contribution in [3.05, 3.63) is 16.3 Å². The molecule has 1 rings (SSSR count). The van der Waals surface area contributed by atoms with Gasteiger partial charge < -0.3 is 17.7 Å². The highest BCUT2D eigenvalue weighted by molar-refractivity contribution is 7.11. The van der Waals surface area contributed by atoms with E-state index < -0.39 is 18.4 Å². The maximum absolute atomic E-state index is 12.2. The van der Waals surface area contributed by atoms with E-state index in [2.05, 4.69) is 4.74 Å². The van der Waals surface area contributed by atoms with E-state index in [4.69, 9.17) is 0 Å². The maximum atomic E-state index is 12.2. The van der Waals surface area contributed by atoms with E-state index in [1.54, 1.807) is 0 Å². The first kappa shape index (κ1) is 11.1. The molecule has 0 saturated carbocycles. The molecule has 14 heavy (non-hydrogen) atoms. The van der Waals surface area contributed by atoms with Gasteiger partial charge >= 0.3 is 12.9 Å². The molecular formula is C7H7BF3O2S-. The van der Waals surface area contributed by atoms with Gasteiger partial charge in [-0.3, -0.25) is 4.79 Å². The highest BCUT2D eigenvalue weighted by atomic mass is 32.1. The third-order valence-corrected chi connectivity index (χ3v) is 2.55. The highest BCUT2D eigenvalue weighted by Crippen LogP contribution is 2.15. The molecule has 0 unspecified atom stereocenters. The summed E-state index contributed by atoms with van der Waals surface area (Å²) in [5.41, 5.74) is -0.658. The normalized spacial score (nSPS) is 11.4. The van der Waals surface area contributed by atoms with Gasteiger partial charge in [-0.05, 0) is 5.38 Å². The van der Waals surface area contributed by atoms with E-state index >= 15 is 0 Å². The van der Waals surface area contributed by atoms with Crippen LogP contribution in [0.4, 0.5) is 12.9 Å². The summed E-state index contributed by atoms with van der Waals surface area (Å²) >= 11 is 0.915. The van der Waals surface area contributed by atoms with Gasteiger partial charge in [0.2, 0.25) is 0 Å². The van der Waals surface area contributed by atoms with Crippen LogP contribution in [0.1, 0.15) is 4.88 Å². The average molecular weight is 223 g/mol. The van der Waals surface area contributed by atoms with Crippen molar-refractivity contribution < 1.29 is 22.5 Å². The Morgan fingerprint density at radius 3 is 2.64 bits per heavy atom. The molecule has 0 radical (unpaired) electrons. The van der Waals surface area contributed by atoms with Crippen LogP contribution in [0.25, 0.3) is 0 Å². The lowest BCUT2D eigenvalue weighted by Crippen LogP contribution is -2.32. The molecule has 0 aromatic carbocycles.